The SMILES string of the molecule is CCN1C[C@@H](C)Oc2ccc(Cl)cc21. The Morgan fingerprint density at radius 3 is 3.07 bits per heavy atom. The molecule has 1 aromatic carbocycles. The number of benzene rings is 1. The van der Waals surface area contributed by atoms with Crippen LogP contribution in [0.1, 0.15) is 13.8 Å². The van der Waals surface area contributed by atoms with E-state index in [1.54, 1.807) is 0 Å². The van der Waals surface area contributed by atoms with Gasteiger partial charge in [-0.05, 0) is 32.0 Å². The van der Waals surface area contributed by atoms with E-state index in [-0.39, 0.29) is 6.10 Å². The van der Waals surface area contributed by atoms with Crippen molar-refractivity contribution < 1.29 is 4.74 Å². The average Bonchev–Trinajstić information content (AvgIpc) is 2.17. The Kier molecular flexibility index (Phi) is 2.55. The minimum absolute atomic E-state index is 0.253. The number of rotatable bonds is 1. The summed E-state index contributed by atoms with van der Waals surface area (Å²) < 4.78 is 5.72. The second kappa shape index (κ2) is 3.70. The van der Waals surface area contributed by atoms with Crippen LogP contribution in [-0.2, 0) is 0 Å². The van der Waals surface area contributed by atoms with E-state index in [0.717, 1.165) is 29.5 Å². The van der Waals surface area contributed by atoms with Crippen LogP contribution in [0, 0.1) is 0 Å². The fourth-order valence-corrected chi connectivity index (χ4v) is 1.97. The number of fused-ring (bicyclic) bond motifs is 1. The second-order valence-electron chi connectivity index (χ2n) is 3.58. The van der Waals surface area contributed by atoms with Crippen molar-refractivity contribution in [2.75, 3.05) is 18.0 Å². The van der Waals surface area contributed by atoms with Crippen molar-refractivity contribution in [3.63, 3.8) is 0 Å². The van der Waals surface area contributed by atoms with Crippen molar-refractivity contribution in [1.82, 2.24) is 0 Å². The summed E-state index contributed by atoms with van der Waals surface area (Å²) in [6.07, 6.45) is 0.253. The predicted molar refractivity (Wildman–Crippen MR) is 59.4 cm³/mol. The molecule has 2 nitrogen and oxygen atoms in total. The van der Waals surface area contributed by atoms with Gasteiger partial charge in [0.2, 0.25) is 0 Å². The molecule has 76 valence electrons. The third-order valence-electron chi connectivity index (χ3n) is 2.45. The first kappa shape index (κ1) is 9.66. The van der Waals surface area contributed by atoms with Crippen LogP contribution in [0.5, 0.6) is 5.75 Å². The van der Waals surface area contributed by atoms with E-state index in [4.69, 9.17) is 16.3 Å². The zero-order valence-electron chi connectivity index (χ0n) is 8.46. The molecular weight excluding hydrogens is 198 g/mol. The molecule has 0 spiro atoms. The minimum Gasteiger partial charge on any atom is -0.487 e. The van der Waals surface area contributed by atoms with Gasteiger partial charge in [0, 0.05) is 11.6 Å². The van der Waals surface area contributed by atoms with Gasteiger partial charge in [-0.3, -0.25) is 0 Å². The summed E-state index contributed by atoms with van der Waals surface area (Å²) in [5, 5.41) is 0.764. The van der Waals surface area contributed by atoms with Crippen LogP contribution < -0.4 is 9.64 Å². The van der Waals surface area contributed by atoms with E-state index in [0.29, 0.717) is 0 Å². The quantitative estimate of drug-likeness (QED) is 0.708. The van der Waals surface area contributed by atoms with Crippen molar-refractivity contribution in [2.24, 2.45) is 0 Å². The lowest BCUT2D eigenvalue weighted by Crippen LogP contribution is -2.38. The molecule has 0 bridgehead atoms. The van der Waals surface area contributed by atoms with Crippen LogP contribution in [0.15, 0.2) is 18.2 Å². The molecule has 0 radical (unpaired) electrons. The van der Waals surface area contributed by atoms with Gasteiger partial charge < -0.3 is 9.64 Å². The molecule has 1 aliphatic rings. The molecule has 0 unspecified atom stereocenters. The third kappa shape index (κ3) is 1.67. The fourth-order valence-electron chi connectivity index (χ4n) is 1.80. The van der Waals surface area contributed by atoms with Gasteiger partial charge in [-0.15, -0.1) is 0 Å². The average molecular weight is 212 g/mol. The molecule has 1 aromatic rings. The van der Waals surface area contributed by atoms with Gasteiger partial charge in [0.05, 0.1) is 12.2 Å². The molecule has 14 heavy (non-hydrogen) atoms. The number of hydrogen-bond donors (Lipinski definition) is 0. The normalized spacial score (nSPS) is 20.2. The van der Waals surface area contributed by atoms with Crippen LogP contribution in [0.25, 0.3) is 0 Å². The van der Waals surface area contributed by atoms with Crippen LogP contribution in [0.4, 0.5) is 5.69 Å². The van der Waals surface area contributed by atoms with Gasteiger partial charge in [0.15, 0.2) is 0 Å². The van der Waals surface area contributed by atoms with Gasteiger partial charge in [0.25, 0.3) is 0 Å². The van der Waals surface area contributed by atoms with Crippen molar-refractivity contribution >= 4 is 17.3 Å². The number of likely N-dealkylation sites (N-methyl/N-ethyl adjacent to an activating group) is 1. The molecule has 0 aromatic heterocycles. The predicted octanol–water partition coefficient (Wildman–Crippen LogP) is 2.95. The van der Waals surface area contributed by atoms with E-state index >= 15 is 0 Å². The highest BCUT2D eigenvalue weighted by Crippen LogP contribution is 2.35. The molecule has 0 N–H and O–H groups in total. The van der Waals surface area contributed by atoms with E-state index in [9.17, 15) is 0 Å². The maximum atomic E-state index is 5.95. The van der Waals surface area contributed by atoms with Crippen LogP contribution in [0.3, 0.4) is 0 Å². The van der Waals surface area contributed by atoms with Crippen LogP contribution in [-0.4, -0.2) is 19.2 Å². The number of hydrogen-bond acceptors (Lipinski definition) is 2. The summed E-state index contributed by atoms with van der Waals surface area (Å²) in [5.74, 6) is 0.940. The summed E-state index contributed by atoms with van der Waals surface area (Å²) in [5.41, 5.74) is 1.11. The largest absolute Gasteiger partial charge is 0.487 e. The third-order valence-corrected chi connectivity index (χ3v) is 2.68. The molecule has 2 rings (SSSR count). The Bertz CT molecular complexity index is 340. The molecule has 0 amide bonds. The van der Waals surface area contributed by atoms with Gasteiger partial charge in [0.1, 0.15) is 11.9 Å². The van der Waals surface area contributed by atoms with Crippen molar-refractivity contribution in [2.45, 2.75) is 20.0 Å². The molecular formula is C11H14ClNO. The number of nitrogens with zero attached hydrogens (tertiary/aromatic N) is 1. The Morgan fingerprint density at radius 2 is 2.36 bits per heavy atom. The maximum absolute atomic E-state index is 5.95. The lowest BCUT2D eigenvalue weighted by molar-refractivity contribution is 0.213. The fraction of sp³-hybridized carbons (Fsp3) is 0.455. The number of anilines is 1. The first-order valence-electron chi connectivity index (χ1n) is 4.92. The van der Waals surface area contributed by atoms with Gasteiger partial charge >= 0.3 is 0 Å². The Hall–Kier alpha value is -0.890. The van der Waals surface area contributed by atoms with Crippen molar-refractivity contribution in [3.05, 3.63) is 23.2 Å². The molecule has 3 heteroatoms. The standard InChI is InChI=1S/C11H14ClNO/c1-3-13-7-8(2)14-11-5-4-9(12)6-10(11)13/h4-6,8H,3,7H2,1-2H3/t8-/m1/s1. The highest BCUT2D eigenvalue weighted by molar-refractivity contribution is 6.30. The van der Waals surface area contributed by atoms with E-state index in [2.05, 4.69) is 18.7 Å². The van der Waals surface area contributed by atoms with Crippen LogP contribution in [0.2, 0.25) is 5.02 Å². The van der Waals surface area contributed by atoms with E-state index in [1.807, 2.05) is 18.2 Å². The van der Waals surface area contributed by atoms with Crippen molar-refractivity contribution in [3.8, 4) is 5.75 Å². The first-order valence-corrected chi connectivity index (χ1v) is 5.29. The minimum atomic E-state index is 0.253. The van der Waals surface area contributed by atoms with E-state index in [1.165, 1.54) is 0 Å². The van der Waals surface area contributed by atoms with Gasteiger partial charge in [-0.2, -0.15) is 0 Å². The summed E-state index contributed by atoms with van der Waals surface area (Å²) in [6, 6.07) is 5.77. The maximum Gasteiger partial charge on any atom is 0.143 e. The first-order chi connectivity index (χ1) is 6.70. The second-order valence-corrected chi connectivity index (χ2v) is 4.02. The number of halogens is 1. The smallest absolute Gasteiger partial charge is 0.143 e. The zero-order chi connectivity index (χ0) is 10.1. The van der Waals surface area contributed by atoms with Gasteiger partial charge in [-0.25, -0.2) is 0 Å². The Morgan fingerprint density at radius 1 is 1.57 bits per heavy atom. The zero-order valence-corrected chi connectivity index (χ0v) is 9.21. The molecule has 0 fully saturated rings. The lowest BCUT2D eigenvalue weighted by Gasteiger charge is -2.34. The molecule has 1 heterocycles. The molecule has 1 aliphatic heterocycles. The lowest BCUT2D eigenvalue weighted by atomic mass is 10.2. The number of ether oxygens (including phenoxy) is 1. The summed E-state index contributed by atoms with van der Waals surface area (Å²) in [4.78, 5) is 2.29. The van der Waals surface area contributed by atoms with E-state index < -0.39 is 0 Å². The highest BCUT2D eigenvalue weighted by Gasteiger charge is 2.21. The molecule has 0 saturated heterocycles. The Balaban J connectivity index is 2.41. The van der Waals surface area contributed by atoms with Gasteiger partial charge in [-0.1, -0.05) is 11.6 Å². The monoisotopic (exact) mass is 211 g/mol. The molecule has 1 atom stereocenters. The Labute approximate surface area is 89.4 Å². The highest BCUT2D eigenvalue weighted by atomic mass is 35.5. The summed E-state index contributed by atoms with van der Waals surface area (Å²) in [7, 11) is 0. The van der Waals surface area contributed by atoms with Crippen LogP contribution >= 0.6 is 11.6 Å². The molecule has 0 aliphatic carbocycles. The summed E-state index contributed by atoms with van der Waals surface area (Å²) >= 11 is 5.95. The molecule has 0 saturated carbocycles. The summed E-state index contributed by atoms with van der Waals surface area (Å²) in [6.45, 7) is 6.15. The topological polar surface area (TPSA) is 12.5 Å². The van der Waals surface area contributed by atoms with Crippen molar-refractivity contribution in [1.29, 1.82) is 0 Å².